The molecule has 0 aromatic heterocycles. The lowest BCUT2D eigenvalue weighted by atomic mass is 9.97. The summed E-state index contributed by atoms with van der Waals surface area (Å²) >= 11 is 0. The SMILES string of the molecule is CC(C)c1cccc2c1NC(c1ccccc1)C2. The van der Waals surface area contributed by atoms with Gasteiger partial charge in [-0.05, 0) is 29.0 Å². The summed E-state index contributed by atoms with van der Waals surface area (Å²) in [5, 5.41) is 3.70. The molecule has 2 aromatic rings. The molecule has 0 amide bonds. The van der Waals surface area contributed by atoms with Gasteiger partial charge in [0.15, 0.2) is 0 Å². The van der Waals surface area contributed by atoms with E-state index in [1.807, 2.05) is 0 Å². The van der Waals surface area contributed by atoms with Crippen LogP contribution in [0.25, 0.3) is 0 Å². The molecule has 1 nitrogen and oxygen atoms in total. The van der Waals surface area contributed by atoms with Gasteiger partial charge in [-0.1, -0.05) is 62.4 Å². The number of rotatable bonds is 2. The smallest absolute Gasteiger partial charge is 0.0555 e. The zero-order valence-electron chi connectivity index (χ0n) is 11.0. The highest BCUT2D eigenvalue weighted by Gasteiger charge is 2.24. The summed E-state index contributed by atoms with van der Waals surface area (Å²) in [6.45, 7) is 4.51. The number of nitrogens with one attached hydrogen (secondary N) is 1. The molecule has 1 aliphatic heterocycles. The third-order valence-corrected chi connectivity index (χ3v) is 3.75. The average molecular weight is 237 g/mol. The van der Waals surface area contributed by atoms with Crippen LogP contribution in [0, 0.1) is 0 Å². The topological polar surface area (TPSA) is 12.0 Å². The molecule has 1 aliphatic rings. The van der Waals surface area contributed by atoms with Crippen molar-refractivity contribution in [3.05, 3.63) is 65.2 Å². The number of para-hydroxylation sites is 1. The minimum absolute atomic E-state index is 0.432. The van der Waals surface area contributed by atoms with E-state index in [-0.39, 0.29) is 0 Å². The van der Waals surface area contributed by atoms with Gasteiger partial charge in [0.05, 0.1) is 6.04 Å². The number of benzene rings is 2. The summed E-state index contributed by atoms with van der Waals surface area (Å²) < 4.78 is 0. The first-order valence-electron chi connectivity index (χ1n) is 6.69. The Morgan fingerprint density at radius 2 is 1.78 bits per heavy atom. The molecule has 1 heterocycles. The van der Waals surface area contributed by atoms with E-state index in [4.69, 9.17) is 0 Å². The molecular formula is C17H19N. The van der Waals surface area contributed by atoms with Gasteiger partial charge in [0.25, 0.3) is 0 Å². The molecule has 1 heteroatoms. The zero-order chi connectivity index (χ0) is 12.5. The van der Waals surface area contributed by atoms with E-state index in [1.165, 1.54) is 22.4 Å². The second kappa shape index (κ2) is 4.49. The van der Waals surface area contributed by atoms with Gasteiger partial charge in [0.1, 0.15) is 0 Å². The summed E-state index contributed by atoms with van der Waals surface area (Å²) in [5.74, 6) is 0.571. The van der Waals surface area contributed by atoms with E-state index >= 15 is 0 Å². The predicted molar refractivity (Wildman–Crippen MR) is 77.0 cm³/mol. The van der Waals surface area contributed by atoms with Crippen LogP contribution in [0.15, 0.2) is 48.5 Å². The van der Waals surface area contributed by atoms with Gasteiger partial charge in [-0.25, -0.2) is 0 Å². The van der Waals surface area contributed by atoms with E-state index in [0.29, 0.717) is 12.0 Å². The summed E-state index contributed by atoms with van der Waals surface area (Å²) in [6.07, 6.45) is 1.10. The molecule has 92 valence electrons. The summed E-state index contributed by atoms with van der Waals surface area (Å²) in [4.78, 5) is 0. The standard InChI is InChI=1S/C17H19N/c1-12(2)15-10-6-9-14-11-16(18-17(14)15)13-7-4-3-5-8-13/h3-10,12,16,18H,11H2,1-2H3. The van der Waals surface area contributed by atoms with Crippen molar-refractivity contribution < 1.29 is 0 Å². The average Bonchev–Trinajstić information content (AvgIpc) is 2.83. The predicted octanol–water partition coefficient (Wildman–Crippen LogP) is 4.52. The van der Waals surface area contributed by atoms with Crippen molar-refractivity contribution in [1.29, 1.82) is 0 Å². The van der Waals surface area contributed by atoms with Crippen LogP contribution in [0.5, 0.6) is 0 Å². The molecule has 3 rings (SSSR count). The zero-order valence-corrected chi connectivity index (χ0v) is 11.0. The summed E-state index contributed by atoms with van der Waals surface area (Å²) in [6, 6.07) is 17.8. The lowest BCUT2D eigenvalue weighted by Gasteiger charge is -2.15. The highest BCUT2D eigenvalue weighted by molar-refractivity contribution is 5.64. The number of fused-ring (bicyclic) bond motifs is 1. The van der Waals surface area contributed by atoms with Gasteiger partial charge in [-0.2, -0.15) is 0 Å². The van der Waals surface area contributed by atoms with Crippen LogP contribution in [-0.4, -0.2) is 0 Å². The third kappa shape index (κ3) is 1.90. The molecule has 0 aliphatic carbocycles. The Hall–Kier alpha value is -1.76. The fourth-order valence-electron chi connectivity index (χ4n) is 2.78. The van der Waals surface area contributed by atoms with Gasteiger partial charge >= 0.3 is 0 Å². The van der Waals surface area contributed by atoms with Crippen molar-refractivity contribution in [2.75, 3.05) is 5.32 Å². The Balaban J connectivity index is 1.94. The molecule has 2 aromatic carbocycles. The minimum atomic E-state index is 0.432. The first-order valence-corrected chi connectivity index (χ1v) is 6.69. The number of anilines is 1. The van der Waals surface area contributed by atoms with Crippen molar-refractivity contribution in [1.82, 2.24) is 0 Å². The summed E-state index contributed by atoms with van der Waals surface area (Å²) in [5.41, 5.74) is 5.63. The third-order valence-electron chi connectivity index (χ3n) is 3.75. The maximum Gasteiger partial charge on any atom is 0.0555 e. The lowest BCUT2D eigenvalue weighted by molar-refractivity contribution is 0.821. The van der Waals surface area contributed by atoms with E-state index in [9.17, 15) is 0 Å². The van der Waals surface area contributed by atoms with Crippen LogP contribution >= 0.6 is 0 Å². The molecule has 1 N–H and O–H groups in total. The fraction of sp³-hybridized carbons (Fsp3) is 0.294. The van der Waals surface area contributed by atoms with E-state index in [1.54, 1.807) is 0 Å². The highest BCUT2D eigenvalue weighted by atomic mass is 15.0. The lowest BCUT2D eigenvalue weighted by Crippen LogP contribution is -2.06. The molecule has 0 saturated heterocycles. The van der Waals surface area contributed by atoms with Gasteiger partial charge in [0.2, 0.25) is 0 Å². The van der Waals surface area contributed by atoms with E-state index < -0.39 is 0 Å². The van der Waals surface area contributed by atoms with Crippen molar-refractivity contribution in [2.45, 2.75) is 32.2 Å². The van der Waals surface area contributed by atoms with E-state index in [0.717, 1.165) is 6.42 Å². The molecule has 18 heavy (non-hydrogen) atoms. The van der Waals surface area contributed by atoms with Crippen LogP contribution in [0.1, 0.15) is 42.5 Å². The molecule has 0 spiro atoms. The van der Waals surface area contributed by atoms with Gasteiger partial charge in [0, 0.05) is 5.69 Å². The molecule has 0 radical (unpaired) electrons. The maximum absolute atomic E-state index is 3.70. The van der Waals surface area contributed by atoms with Gasteiger partial charge in [-0.15, -0.1) is 0 Å². The van der Waals surface area contributed by atoms with E-state index in [2.05, 4.69) is 67.7 Å². The monoisotopic (exact) mass is 237 g/mol. The first kappa shape index (κ1) is 11.3. The Bertz CT molecular complexity index is 543. The van der Waals surface area contributed by atoms with Crippen LogP contribution in [0.4, 0.5) is 5.69 Å². The number of hydrogen-bond acceptors (Lipinski definition) is 1. The summed E-state index contributed by atoms with van der Waals surface area (Å²) in [7, 11) is 0. The first-order chi connectivity index (χ1) is 8.75. The van der Waals surface area contributed by atoms with Crippen LogP contribution in [0.2, 0.25) is 0 Å². The highest BCUT2D eigenvalue weighted by Crippen LogP contribution is 2.38. The van der Waals surface area contributed by atoms with Crippen LogP contribution < -0.4 is 5.32 Å². The normalized spacial score (nSPS) is 17.6. The second-order valence-electron chi connectivity index (χ2n) is 5.35. The largest absolute Gasteiger partial charge is 0.377 e. The second-order valence-corrected chi connectivity index (χ2v) is 5.35. The molecule has 0 bridgehead atoms. The number of hydrogen-bond donors (Lipinski definition) is 1. The maximum atomic E-state index is 3.70. The molecule has 1 unspecified atom stereocenters. The molecule has 0 saturated carbocycles. The van der Waals surface area contributed by atoms with Crippen molar-refractivity contribution >= 4 is 5.69 Å². The molecule has 0 fully saturated rings. The Kier molecular flexibility index (Phi) is 2.83. The van der Waals surface area contributed by atoms with Crippen molar-refractivity contribution in [3.63, 3.8) is 0 Å². The van der Waals surface area contributed by atoms with Crippen LogP contribution in [-0.2, 0) is 6.42 Å². The fourth-order valence-corrected chi connectivity index (χ4v) is 2.78. The molecule has 1 atom stereocenters. The minimum Gasteiger partial charge on any atom is -0.377 e. The Morgan fingerprint density at radius 3 is 2.50 bits per heavy atom. The van der Waals surface area contributed by atoms with Crippen molar-refractivity contribution in [2.24, 2.45) is 0 Å². The Labute approximate surface area is 109 Å². The molecular weight excluding hydrogens is 218 g/mol. The van der Waals surface area contributed by atoms with Gasteiger partial charge < -0.3 is 5.32 Å². The Morgan fingerprint density at radius 1 is 1.00 bits per heavy atom. The van der Waals surface area contributed by atoms with Gasteiger partial charge in [-0.3, -0.25) is 0 Å². The quantitative estimate of drug-likeness (QED) is 0.809. The van der Waals surface area contributed by atoms with Crippen molar-refractivity contribution in [3.8, 4) is 0 Å². The van der Waals surface area contributed by atoms with Crippen LogP contribution in [0.3, 0.4) is 0 Å².